The van der Waals surface area contributed by atoms with Gasteiger partial charge in [-0.3, -0.25) is 9.36 Å². The molecule has 0 aliphatic carbocycles. The molecule has 4 aromatic rings. The number of fused-ring (bicyclic) bond motifs is 1. The quantitative estimate of drug-likeness (QED) is 0.573. The highest BCUT2D eigenvalue weighted by Gasteiger charge is 2.09. The minimum atomic E-state index is -0.404. The van der Waals surface area contributed by atoms with Gasteiger partial charge < -0.3 is 0 Å². The van der Waals surface area contributed by atoms with Gasteiger partial charge in [0.05, 0.1) is 29.5 Å². The van der Waals surface area contributed by atoms with E-state index in [2.05, 4.69) is 9.97 Å². The van der Waals surface area contributed by atoms with Crippen LogP contribution >= 0.6 is 11.3 Å². The van der Waals surface area contributed by atoms with Crippen molar-refractivity contribution in [3.63, 3.8) is 0 Å². The number of halogens is 1. The first-order valence-electron chi connectivity index (χ1n) is 7.35. The van der Waals surface area contributed by atoms with Crippen LogP contribution in [-0.4, -0.2) is 14.5 Å². The molecule has 0 saturated heterocycles. The van der Waals surface area contributed by atoms with Gasteiger partial charge in [0.1, 0.15) is 10.8 Å². The normalized spacial score (nSPS) is 11.0. The lowest BCUT2D eigenvalue weighted by molar-refractivity contribution is 0.629. The van der Waals surface area contributed by atoms with Crippen molar-refractivity contribution >= 4 is 22.2 Å². The summed E-state index contributed by atoms with van der Waals surface area (Å²) in [5.41, 5.74) is 2.01. The van der Waals surface area contributed by atoms with E-state index in [1.807, 2.05) is 35.7 Å². The van der Waals surface area contributed by atoms with Crippen LogP contribution in [0.3, 0.4) is 0 Å². The number of aromatic nitrogens is 3. The first-order chi connectivity index (χ1) is 11.7. The smallest absolute Gasteiger partial charge is 0.261 e. The van der Waals surface area contributed by atoms with Gasteiger partial charge in [-0.15, -0.1) is 11.3 Å². The minimum absolute atomic E-state index is 0.200. The lowest BCUT2D eigenvalue weighted by Crippen LogP contribution is -2.21. The molecule has 0 atom stereocenters. The highest BCUT2D eigenvalue weighted by atomic mass is 32.1. The van der Waals surface area contributed by atoms with E-state index in [-0.39, 0.29) is 5.56 Å². The number of benzene rings is 2. The Bertz CT molecular complexity index is 1070. The Hall–Kier alpha value is -2.86. The lowest BCUT2D eigenvalue weighted by Gasteiger charge is -2.04. The van der Waals surface area contributed by atoms with E-state index >= 15 is 0 Å². The Labute approximate surface area is 140 Å². The second-order valence-corrected chi connectivity index (χ2v) is 6.21. The third-order valence-corrected chi connectivity index (χ3v) is 4.63. The summed E-state index contributed by atoms with van der Waals surface area (Å²) in [6, 6.07) is 13.9. The van der Waals surface area contributed by atoms with Crippen LogP contribution < -0.4 is 5.56 Å². The summed E-state index contributed by atoms with van der Waals surface area (Å²) < 4.78 is 14.7. The lowest BCUT2D eigenvalue weighted by atomic mass is 10.2. The van der Waals surface area contributed by atoms with Crippen LogP contribution in [0.25, 0.3) is 21.5 Å². The monoisotopic (exact) mass is 337 g/mol. The van der Waals surface area contributed by atoms with Gasteiger partial charge >= 0.3 is 0 Å². The van der Waals surface area contributed by atoms with E-state index in [1.165, 1.54) is 40.4 Å². The van der Waals surface area contributed by atoms with E-state index in [4.69, 9.17) is 0 Å². The molecule has 2 aromatic carbocycles. The molecule has 4 rings (SSSR count). The average Bonchev–Trinajstić information content (AvgIpc) is 3.07. The summed E-state index contributed by atoms with van der Waals surface area (Å²) in [6.45, 7) is 0.336. The molecule has 0 fully saturated rings. The minimum Gasteiger partial charge on any atom is -0.293 e. The van der Waals surface area contributed by atoms with Crippen LogP contribution in [0.4, 0.5) is 4.39 Å². The molecule has 2 heterocycles. The number of hydrogen-bond donors (Lipinski definition) is 0. The van der Waals surface area contributed by atoms with Gasteiger partial charge in [-0.25, -0.2) is 14.4 Å². The third-order valence-electron chi connectivity index (χ3n) is 3.69. The van der Waals surface area contributed by atoms with Gasteiger partial charge in [0.25, 0.3) is 5.56 Å². The van der Waals surface area contributed by atoms with Crippen molar-refractivity contribution in [2.45, 2.75) is 6.54 Å². The zero-order chi connectivity index (χ0) is 16.5. The fourth-order valence-electron chi connectivity index (χ4n) is 2.51. The first kappa shape index (κ1) is 14.7. The fourth-order valence-corrected chi connectivity index (χ4v) is 3.33. The molecule has 0 saturated carbocycles. The standard InChI is InChI=1S/C18H12FN3OS/c19-13-6-7-15-16(8-13)20-11-22(18(15)23)9-14-10-24-17(21-14)12-4-2-1-3-5-12/h1-8,10-11H,9H2. The Morgan fingerprint density at radius 3 is 2.79 bits per heavy atom. The SMILES string of the molecule is O=c1c2ccc(F)cc2ncn1Cc1csc(-c2ccccc2)n1. The number of thiazole rings is 1. The summed E-state index contributed by atoms with van der Waals surface area (Å²) in [5, 5.41) is 3.25. The summed E-state index contributed by atoms with van der Waals surface area (Å²) in [4.78, 5) is 21.2. The van der Waals surface area contributed by atoms with E-state index < -0.39 is 5.82 Å². The maximum Gasteiger partial charge on any atom is 0.261 e. The third kappa shape index (κ3) is 2.72. The van der Waals surface area contributed by atoms with Crippen molar-refractivity contribution in [2.75, 3.05) is 0 Å². The van der Waals surface area contributed by atoms with Gasteiger partial charge in [0.2, 0.25) is 0 Å². The maximum absolute atomic E-state index is 13.2. The van der Waals surface area contributed by atoms with Crippen LogP contribution in [0.15, 0.2) is 65.0 Å². The molecule has 0 amide bonds. The van der Waals surface area contributed by atoms with E-state index in [9.17, 15) is 9.18 Å². The van der Waals surface area contributed by atoms with Crippen molar-refractivity contribution in [1.82, 2.24) is 14.5 Å². The summed E-state index contributed by atoms with van der Waals surface area (Å²) in [5.74, 6) is -0.404. The molecular weight excluding hydrogens is 325 g/mol. The molecule has 24 heavy (non-hydrogen) atoms. The molecule has 0 aliphatic rings. The zero-order valence-electron chi connectivity index (χ0n) is 12.5. The van der Waals surface area contributed by atoms with E-state index in [1.54, 1.807) is 0 Å². The largest absolute Gasteiger partial charge is 0.293 e. The van der Waals surface area contributed by atoms with Gasteiger partial charge in [-0.2, -0.15) is 0 Å². The topological polar surface area (TPSA) is 47.8 Å². The van der Waals surface area contributed by atoms with Crippen molar-refractivity contribution in [1.29, 1.82) is 0 Å². The van der Waals surface area contributed by atoms with Crippen LogP contribution in [0.2, 0.25) is 0 Å². The predicted octanol–water partition coefficient (Wildman–Crippen LogP) is 3.71. The van der Waals surface area contributed by atoms with Crippen molar-refractivity contribution in [3.05, 3.63) is 82.1 Å². The fraction of sp³-hybridized carbons (Fsp3) is 0.0556. The van der Waals surface area contributed by atoms with Crippen molar-refractivity contribution in [2.24, 2.45) is 0 Å². The Morgan fingerprint density at radius 2 is 1.96 bits per heavy atom. The summed E-state index contributed by atoms with van der Waals surface area (Å²) >= 11 is 1.54. The molecule has 0 bridgehead atoms. The van der Waals surface area contributed by atoms with Crippen molar-refractivity contribution in [3.8, 4) is 10.6 Å². The van der Waals surface area contributed by atoms with Crippen molar-refractivity contribution < 1.29 is 4.39 Å². The Kier molecular flexibility index (Phi) is 3.66. The molecule has 6 heteroatoms. The molecule has 0 N–H and O–H groups in total. The van der Waals surface area contributed by atoms with Gasteiger partial charge in [0, 0.05) is 17.0 Å². The molecule has 0 aliphatic heterocycles. The summed E-state index contributed by atoms with van der Waals surface area (Å²) in [7, 11) is 0. The maximum atomic E-state index is 13.2. The molecule has 4 nitrogen and oxygen atoms in total. The summed E-state index contributed by atoms with van der Waals surface area (Å²) in [6.07, 6.45) is 1.44. The average molecular weight is 337 g/mol. The highest BCUT2D eigenvalue weighted by molar-refractivity contribution is 7.13. The second kappa shape index (κ2) is 5.98. The Morgan fingerprint density at radius 1 is 1.12 bits per heavy atom. The Balaban J connectivity index is 1.68. The predicted molar refractivity (Wildman–Crippen MR) is 92.6 cm³/mol. The molecule has 118 valence electrons. The van der Waals surface area contributed by atoms with Gasteiger partial charge in [-0.1, -0.05) is 30.3 Å². The highest BCUT2D eigenvalue weighted by Crippen LogP contribution is 2.23. The van der Waals surface area contributed by atoms with Gasteiger partial charge in [0.15, 0.2) is 0 Å². The van der Waals surface area contributed by atoms with E-state index in [0.717, 1.165) is 16.3 Å². The van der Waals surface area contributed by atoms with Gasteiger partial charge in [-0.05, 0) is 12.1 Å². The number of rotatable bonds is 3. The van der Waals surface area contributed by atoms with Crippen LogP contribution in [0, 0.1) is 5.82 Å². The molecule has 0 spiro atoms. The van der Waals surface area contributed by atoms with Crippen LogP contribution in [0.5, 0.6) is 0 Å². The number of nitrogens with zero attached hydrogens (tertiary/aromatic N) is 3. The van der Waals surface area contributed by atoms with E-state index in [0.29, 0.717) is 17.4 Å². The first-order valence-corrected chi connectivity index (χ1v) is 8.23. The molecule has 2 aromatic heterocycles. The molecule has 0 unspecified atom stereocenters. The molecule has 0 radical (unpaired) electrons. The molecular formula is C18H12FN3OS. The van der Waals surface area contributed by atoms with Crippen LogP contribution in [-0.2, 0) is 6.54 Å². The van der Waals surface area contributed by atoms with Crippen LogP contribution in [0.1, 0.15) is 5.69 Å². The number of hydrogen-bond acceptors (Lipinski definition) is 4. The zero-order valence-corrected chi connectivity index (χ0v) is 13.3. The second-order valence-electron chi connectivity index (χ2n) is 5.35.